The van der Waals surface area contributed by atoms with Crippen LogP contribution in [0.1, 0.15) is 65.1 Å². The van der Waals surface area contributed by atoms with Crippen molar-refractivity contribution in [3.05, 3.63) is 89.6 Å². The van der Waals surface area contributed by atoms with Crippen LogP contribution in [0.15, 0.2) is 77.3 Å². The Morgan fingerprint density at radius 2 is 1.58 bits per heavy atom. The minimum atomic E-state index is -3.19. The topological polar surface area (TPSA) is 26.0 Å². The van der Waals surface area contributed by atoms with Gasteiger partial charge in [-0.3, -0.25) is 4.98 Å². The zero-order valence-electron chi connectivity index (χ0n) is 27.5. The molecule has 0 bridgehead atoms. The Morgan fingerprint density at radius 3 is 2.24 bits per heavy atom. The fourth-order valence-corrected chi connectivity index (χ4v) is 4.73. The molecule has 5 aromatic rings. The average Bonchev–Trinajstić information content (AvgIpc) is 3.30. The van der Waals surface area contributed by atoms with E-state index in [1.165, 1.54) is 39.1 Å². The summed E-state index contributed by atoms with van der Waals surface area (Å²) in [6.07, 6.45) is -0.801. The monoisotopic (exact) mass is 516 g/mol. The van der Waals surface area contributed by atoms with Gasteiger partial charge in [0.15, 0.2) is 0 Å². The van der Waals surface area contributed by atoms with Crippen LogP contribution in [0.2, 0.25) is 0 Å². The van der Waals surface area contributed by atoms with Crippen molar-refractivity contribution < 1.29 is 20.1 Å². The van der Waals surface area contributed by atoms with Crippen molar-refractivity contribution in [3.63, 3.8) is 0 Å². The smallest absolute Gasteiger partial charge is 0.278 e. The third-order valence-electron chi connectivity index (χ3n) is 6.70. The van der Waals surface area contributed by atoms with Crippen LogP contribution in [0.25, 0.3) is 44.3 Å². The van der Waals surface area contributed by atoms with Crippen molar-refractivity contribution in [2.75, 3.05) is 0 Å². The second kappa shape index (κ2) is 9.04. The standard InChI is InChI=1S/C34H35F2NO/c1-21-20-37-28(18-23(21)19-32(2,3)4)26-15-11-14-24-25-16-17-27(34(35,36)33(5,6)7)29(31(25)38-30(24)26)22-12-9-8-10-13-22/h8-18,20H,19H2,1-7H3/i1D3,19D2. The van der Waals surface area contributed by atoms with Crippen molar-refractivity contribution in [1.29, 1.82) is 0 Å². The molecule has 2 heterocycles. The summed E-state index contributed by atoms with van der Waals surface area (Å²) < 4.78 is 80.4. The number of benzene rings is 3. The molecule has 38 heavy (non-hydrogen) atoms. The summed E-state index contributed by atoms with van der Waals surface area (Å²) in [7, 11) is 0. The highest BCUT2D eigenvalue weighted by atomic mass is 19.3. The maximum absolute atomic E-state index is 16.0. The number of fused-ring (bicyclic) bond motifs is 3. The summed E-state index contributed by atoms with van der Waals surface area (Å²) in [5.41, 5.74) is -0.147. The van der Waals surface area contributed by atoms with Gasteiger partial charge in [0.05, 0.1) is 5.69 Å². The second-order valence-corrected chi connectivity index (χ2v) is 11.8. The van der Waals surface area contributed by atoms with Crippen LogP contribution in [0.5, 0.6) is 0 Å². The van der Waals surface area contributed by atoms with Crippen molar-refractivity contribution in [2.24, 2.45) is 10.8 Å². The minimum absolute atomic E-state index is 0.0233. The van der Waals surface area contributed by atoms with E-state index < -0.39 is 30.0 Å². The van der Waals surface area contributed by atoms with E-state index in [2.05, 4.69) is 4.98 Å². The molecule has 0 N–H and O–H groups in total. The number of aromatic nitrogens is 1. The lowest BCUT2D eigenvalue weighted by atomic mass is 9.80. The van der Waals surface area contributed by atoms with Crippen LogP contribution < -0.4 is 0 Å². The van der Waals surface area contributed by atoms with Gasteiger partial charge in [0.25, 0.3) is 5.92 Å². The Balaban J connectivity index is 1.85. The predicted molar refractivity (Wildman–Crippen MR) is 154 cm³/mol. The lowest BCUT2D eigenvalue weighted by Crippen LogP contribution is -2.31. The minimum Gasteiger partial charge on any atom is -0.455 e. The van der Waals surface area contributed by atoms with Gasteiger partial charge in [0.2, 0.25) is 0 Å². The van der Waals surface area contributed by atoms with Crippen LogP contribution in [0.3, 0.4) is 0 Å². The van der Waals surface area contributed by atoms with Gasteiger partial charge in [-0.25, -0.2) is 8.78 Å². The maximum Gasteiger partial charge on any atom is 0.278 e. The summed E-state index contributed by atoms with van der Waals surface area (Å²) in [6, 6.07) is 19.0. The van der Waals surface area contributed by atoms with Gasteiger partial charge in [-0.15, -0.1) is 0 Å². The van der Waals surface area contributed by atoms with Crippen molar-refractivity contribution >= 4 is 21.9 Å². The molecule has 0 atom stereocenters. The molecule has 0 saturated carbocycles. The van der Waals surface area contributed by atoms with Crippen molar-refractivity contribution in [1.82, 2.24) is 4.98 Å². The maximum atomic E-state index is 16.0. The molecule has 0 spiro atoms. The van der Waals surface area contributed by atoms with Gasteiger partial charge < -0.3 is 4.42 Å². The zero-order chi connectivity index (χ0) is 31.8. The predicted octanol–water partition coefficient (Wildman–Crippen LogP) is 10.3. The summed E-state index contributed by atoms with van der Waals surface area (Å²) in [4.78, 5) is 4.45. The molecule has 0 amide bonds. The van der Waals surface area contributed by atoms with Crippen LogP contribution in [0.4, 0.5) is 8.78 Å². The Kier molecular flexibility index (Phi) is 4.86. The van der Waals surface area contributed by atoms with Crippen LogP contribution >= 0.6 is 0 Å². The van der Waals surface area contributed by atoms with E-state index in [-0.39, 0.29) is 16.7 Å². The lowest BCUT2D eigenvalue weighted by molar-refractivity contribution is -0.103. The van der Waals surface area contributed by atoms with E-state index in [1.807, 2.05) is 12.1 Å². The summed E-state index contributed by atoms with van der Waals surface area (Å²) in [6.45, 7) is 7.08. The number of nitrogens with zero attached hydrogens (tertiary/aromatic N) is 1. The number of alkyl halides is 2. The molecule has 0 aliphatic heterocycles. The highest BCUT2D eigenvalue weighted by Gasteiger charge is 2.46. The molecular weight excluding hydrogens is 476 g/mol. The molecule has 196 valence electrons. The molecule has 0 saturated heterocycles. The van der Waals surface area contributed by atoms with E-state index in [9.17, 15) is 0 Å². The van der Waals surface area contributed by atoms with Crippen LogP contribution in [-0.4, -0.2) is 4.98 Å². The Labute approximate surface area is 230 Å². The van der Waals surface area contributed by atoms with Gasteiger partial charge in [0, 0.05) is 45.9 Å². The SMILES string of the molecule is [2H]C([2H])([2H])c1cnc(-c2cccc3c2oc2c(-c4ccccc4)c(C(F)(F)C(C)(C)C)ccc23)cc1C([2H])([2H])C(C)(C)C. The number of hydrogen-bond donors (Lipinski definition) is 0. The molecule has 0 fully saturated rings. The number of aryl methyl sites for hydroxylation is 1. The molecule has 4 heteroatoms. The zero-order valence-corrected chi connectivity index (χ0v) is 22.5. The molecule has 5 rings (SSSR count). The van der Waals surface area contributed by atoms with E-state index in [0.717, 1.165) is 0 Å². The number of rotatable bonds is 4. The highest BCUT2D eigenvalue weighted by molar-refractivity contribution is 6.13. The van der Waals surface area contributed by atoms with Crippen LogP contribution in [-0.2, 0) is 12.3 Å². The third-order valence-corrected chi connectivity index (χ3v) is 6.70. The van der Waals surface area contributed by atoms with Crippen molar-refractivity contribution in [2.45, 2.75) is 60.7 Å². The first-order valence-corrected chi connectivity index (χ1v) is 12.7. The molecule has 0 aliphatic carbocycles. The van der Waals surface area contributed by atoms with Gasteiger partial charge in [0.1, 0.15) is 11.2 Å². The Hall–Kier alpha value is -3.53. The highest BCUT2D eigenvalue weighted by Crippen LogP contribution is 2.51. The first kappa shape index (κ1) is 20.4. The van der Waals surface area contributed by atoms with Gasteiger partial charge in [-0.05, 0) is 53.5 Å². The lowest BCUT2D eigenvalue weighted by Gasteiger charge is -2.32. The molecule has 3 aromatic carbocycles. The summed E-state index contributed by atoms with van der Waals surface area (Å²) in [5, 5.41) is 1.32. The average molecular weight is 517 g/mol. The fourth-order valence-electron chi connectivity index (χ4n) is 4.73. The second-order valence-electron chi connectivity index (χ2n) is 11.8. The first-order valence-electron chi connectivity index (χ1n) is 15.2. The number of pyridine rings is 1. The molecule has 0 unspecified atom stereocenters. The number of para-hydroxylation sites is 1. The van der Waals surface area contributed by atoms with E-state index in [1.54, 1.807) is 63.2 Å². The number of hydrogen-bond acceptors (Lipinski definition) is 2. The van der Waals surface area contributed by atoms with Crippen molar-refractivity contribution in [3.8, 4) is 22.4 Å². The normalized spacial score (nSPS) is 15.6. The van der Waals surface area contributed by atoms with E-state index in [4.69, 9.17) is 11.3 Å². The summed E-state index contributed by atoms with van der Waals surface area (Å²) in [5.74, 6) is -3.19. The quantitative estimate of drug-likeness (QED) is 0.237. The Bertz CT molecular complexity index is 1830. The Morgan fingerprint density at radius 1 is 0.868 bits per heavy atom. The molecule has 2 aromatic heterocycles. The third kappa shape index (κ3) is 4.51. The summed E-state index contributed by atoms with van der Waals surface area (Å²) >= 11 is 0. The fraction of sp³-hybridized carbons (Fsp3) is 0.324. The first-order chi connectivity index (χ1) is 19.8. The van der Waals surface area contributed by atoms with Gasteiger partial charge >= 0.3 is 0 Å². The van der Waals surface area contributed by atoms with Gasteiger partial charge in [-0.2, -0.15) is 0 Å². The van der Waals surface area contributed by atoms with Gasteiger partial charge in [-0.1, -0.05) is 90.1 Å². The van der Waals surface area contributed by atoms with Crippen LogP contribution in [0, 0.1) is 17.7 Å². The number of halogens is 2. The number of furan rings is 1. The largest absolute Gasteiger partial charge is 0.455 e. The molecular formula is C34H35F2NO. The molecule has 0 radical (unpaired) electrons. The van der Waals surface area contributed by atoms with E-state index >= 15 is 8.78 Å². The van der Waals surface area contributed by atoms with E-state index in [0.29, 0.717) is 44.3 Å². The molecule has 2 nitrogen and oxygen atoms in total. The molecule has 0 aliphatic rings.